The number of benzene rings is 2. The lowest BCUT2D eigenvalue weighted by Gasteiger charge is -2.30. The van der Waals surface area contributed by atoms with Crippen LogP contribution in [0.15, 0.2) is 54.0 Å². The molecule has 0 aliphatic carbocycles. The number of hydrogen-bond donors (Lipinski definition) is 0. The number of aryl methyl sites for hydroxylation is 3. The number of halogens is 3. The number of alkyl halides is 2. The highest BCUT2D eigenvalue weighted by Gasteiger charge is 2.25. The highest BCUT2D eigenvalue weighted by molar-refractivity contribution is 5.94. The lowest BCUT2D eigenvalue weighted by Crippen LogP contribution is -2.36. The van der Waals surface area contributed by atoms with Crippen LogP contribution in [0.25, 0.3) is 50.4 Å². The van der Waals surface area contributed by atoms with Gasteiger partial charge in [-0.25, -0.2) is 23.8 Å². The molecule has 0 atom stereocenters. The van der Waals surface area contributed by atoms with Gasteiger partial charge < -0.3 is 14.2 Å². The zero-order valence-corrected chi connectivity index (χ0v) is 23.0. The van der Waals surface area contributed by atoms with Crippen molar-refractivity contribution < 1.29 is 17.9 Å². The van der Waals surface area contributed by atoms with E-state index in [2.05, 4.69) is 15.0 Å². The fraction of sp³-hybridized carbons (Fsp3) is 0.286. The zero-order valence-electron chi connectivity index (χ0n) is 23.0. The van der Waals surface area contributed by atoms with Gasteiger partial charge in [0.2, 0.25) is 0 Å². The Morgan fingerprint density at radius 2 is 1.76 bits per heavy atom. The molecule has 2 aromatic carbocycles. The Labute approximate surface area is 236 Å². The van der Waals surface area contributed by atoms with Crippen LogP contribution in [-0.4, -0.2) is 64.3 Å². The van der Waals surface area contributed by atoms with Crippen LogP contribution in [0.5, 0.6) is 0 Å². The van der Waals surface area contributed by atoms with E-state index >= 15 is 4.39 Å². The Morgan fingerprint density at radius 1 is 0.976 bits per heavy atom. The maximum absolute atomic E-state index is 15.7. The standard InChI is InChI=1S/C28H26F3N9O2/c1-35-15-32-13-24(35)26-34-20-10-18(16-12-33-39(14-16)27(30)31)19(29)11-21(20)40(26)17-8-22-25(37(3)28(41)36(22)2)23(9-17)38-4-6-42-7-5-38/h8-15,27H,4-7H2,1-3H3. The molecule has 5 heterocycles. The van der Waals surface area contributed by atoms with Gasteiger partial charge in [-0.3, -0.25) is 13.7 Å². The summed E-state index contributed by atoms with van der Waals surface area (Å²) in [5.74, 6) is -0.117. The second-order valence-electron chi connectivity index (χ2n) is 10.3. The first kappa shape index (κ1) is 26.1. The highest BCUT2D eigenvalue weighted by atomic mass is 19.3. The number of imidazole rings is 3. The first-order valence-corrected chi connectivity index (χ1v) is 13.3. The second-order valence-corrected chi connectivity index (χ2v) is 10.3. The summed E-state index contributed by atoms with van der Waals surface area (Å²) in [6.45, 7) is -0.449. The van der Waals surface area contributed by atoms with Crippen LogP contribution in [0.4, 0.5) is 18.9 Å². The second kappa shape index (κ2) is 9.62. The van der Waals surface area contributed by atoms with Crippen molar-refractivity contribution in [3.63, 3.8) is 0 Å². The van der Waals surface area contributed by atoms with E-state index in [1.54, 1.807) is 40.3 Å². The van der Waals surface area contributed by atoms with Crippen LogP contribution in [-0.2, 0) is 25.9 Å². The molecular weight excluding hydrogens is 551 g/mol. The maximum atomic E-state index is 15.7. The summed E-state index contributed by atoms with van der Waals surface area (Å²) in [5, 5.41) is 3.66. The van der Waals surface area contributed by atoms with E-state index in [0.717, 1.165) is 17.4 Å². The molecule has 1 saturated heterocycles. The molecule has 0 spiro atoms. The number of ether oxygens (including phenoxy) is 1. The summed E-state index contributed by atoms with van der Waals surface area (Å²) in [5.41, 5.74) is 4.73. The van der Waals surface area contributed by atoms with Crippen LogP contribution in [0.2, 0.25) is 0 Å². The lowest BCUT2D eigenvalue weighted by molar-refractivity contribution is 0.0566. The first-order chi connectivity index (χ1) is 20.2. The van der Waals surface area contributed by atoms with E-state index < -0.39 is 12.4 Å². The van der Waals surface area contributed by atoms with Crippen molar-refractivity contribution in [2.45, 2.75) is 6.55 Å². The van der Waals surface area contributed by atoms with Crippen LogP contribution >= 0.6 is 0 Å². The molecule has 1 aliphatic heterocycles. The molecule has 7 rings (SSSR count). The topological polar surface area (TPSA) is 92.9 Å². The molecule has 0 bridgehead atoms. The van der Waals surface area contributed by atoms with Gasteiger partial charge in [-0.1, -0.05) is 0 Å². The molecule has 0 radical (unpaired) electrons. The SMILES string of the molecule is Cn1cncc1-c1nc2cc(-c3cnn(C(F)F)c3)c(F)cc2n1-c1cc(N2CCOCC2)c2c(c1)n(C)c(=O)n2C. The van der Waals surface area contributed by atoms with Crippen molar-refractivity contribution in [2.24, 2.45) is 21.1 Å². The summed E-state index contributed by atoms with van der Waals surface area (Å²) < 4.78 is 55.0. The van der Waals surface area contributed by atoms with Crippen molar-refractivity contribution in [1.29, 1.82) is 0 Å². The molecular formula is C28H26F3N9O2. The number of anilines is 1. The number of fused-ring (bicyclic) bond motifs is 2. The predicted octanol–water partition coefficient (Wildman–Crippen LogP) is 3.85. The summed E-state index contributed by atoms with van der Waals surface area (Å²) in [7, 11) is 5.30. The summed E-state index contributed by atoms with van der Waals surface area (Å²) in [4.78, 5) is 24.4. The molecule has 0 saturated carbocycles. The molecule has 1 fully saturated rings. The first-order valence-electron chi connectivity index (χ1n) is 13.3. The Kier molecular flexibility index (Phi) is 5.97. The van der Waals surface area contributed by atoms with Gasteiger partial charge in [-0.15, -0.1) is 0 Å². The van der Waals surface area contributed by atoms with Gasteiger partial charge >= 0.3 is 12.2 Å². The van der Waals surface area contributed by atoms with E-state index in [4.69, 9.17) is 9.72 Å². The lowest BCUT2D eigenvalue weighted by atomic mass is 10.1. The number of hydrogen-bond acceptors (Lipinski definition) is 6. The van der Waals surface area contributed by atoms with E-state index in [0.29, 0.717) is 64.7 Å². The van der Waals surface area contributed by atoms with Gasteiger partial charge in [0.15, 0.2) is 5.82 Å². The largest absolute Gasteiger partial charge is 0.378 e. The summed E-state index contributed by atoms with van der Waals surface area (Å²) in [6.07, 6.45) is 5.62. The third kappa shape index (κ3) is 3.93. The van der Waals surface area contributed by atoms with Gasteiger partial charge in [0.1, 0.15) is 11.5 Å². The Morgan fingerprint density at radius 3 is 2.45 bits per heavy atom. The molecule has 6 aromatic rings. The minimum atomic E-state index is -2.84. The van der Waals surface area contributed by atoms with Crippen molar-refractivity contribution in [2.75, 3.05) is 31.2 Å². The fourth-order valence-electron chi connectivity index (χ4n) is 5.70. The Hall–Kier alpha value is -4.85. The third-order valence-corrected chi connectivity index (χ3v) is 7.84. The fourth-order valence-corrected chi connectivity index (χ4v) is 5.70. The average molecular weight is 578 g/mol. The molecule has 0 amide bonds. The quantitative estimate of drug-likeness (QED) is 0.309. The summed E-state index contributed by atoms with van der Waals surface area (Å²) in [6, 6.07) is 6.75. The predicted molar refractivity (Wildman–Crippen MR) is 150 cm³/mol. The van der Waals surface area contributed by atoms with Gasteiger partial charge in [0.05, 0.1) is 65.4 Å². The molecule has 216 valence electrons. The Balaban J connectivity index is 1.52. The van der Waals surface area contributed by atoms with E-state index in [-0.39, 0.29) is 16.8 Å². The van der Waals surface area contributed by atoms with E-state index in [1.807, 2.05) is 23.7 Å². The number of morpholine rings is 1. The van der Waals surface area contributed by atoms with Crippen molar-refractivity contribution >= 4 is 27.8 Å². The number of nitrogens with zero attached hydrogens (tertiary/aromatic N) is 9. The molecule has 4 aromatic heterocycles. The normalized spacial score (nSPS) is 14.2. The highest BCUT2D eigenvalue weighted by Crippen LogP contribution is 2.37. The monoisotopic (exact) mass is 577 g/mol. The minimum Gasteiger partial charge on any atom is -0.378 e. The van der Waals surface area contributed by atoms with Crippen LogP contribution in [0, 0.1) is 5.82 Å². The number of rotatable bonds is 5. The van der Waals surface area contributed by atoms with E-state index in [1.165, 1.54) is 18.3 Å². The van der Waals surface area contributed by atoms with Gasteiger partial charge in [0, 0.05) is 57.6 Å². The van der Waals surface area contributed by atoms with Crippen LogP contribution in [0.3, 0.4) is 0 Å². The van der Waals surface area contributed by atoms with Crippen molar-refractivity contribution in [3.05, 3.63) is 65.5 Å². The minimum absolute atomic E-state index is 0.102. The summed E-state index contributed by atoms with van der Waals surface area (Å²) >= 11 is 0. The van der Waals surface area contributed by atoms with E-state index in [9.17, 15) is 13.6 Å². The van der Waals surface area contributed by atoms with Gasteiger partial charge in [-0.05, 0) is 18.2 Å². The van der Waals surface area contributed by atoms with Crippen molar-refractivity contribution in [3.8, 4) is 28.3 Å². The maximum Gasteiger partial charge on any atom is 0.333 e. The molecule has 1 aliphatic rings. The molecule has 14 heteroatoms. The average Bonchev–Trinajstić information content (AvgIpc) is 3.76. The van der Waals surface area contributed by atoms with Crippen LogP contribution < -0.4 is 10.6 Å². The number of aromatic nitrogens is 8. The van der Waals surface area contributed by atoms with Crippen LogP contribution in [0.1, 0.15) is 6.55 Å². The molecule has 0 unspecified atom stereocenters. The smallest absolute Gasteiger partial charge is 0.333 e. The third-order valence-electron chi connectivity index (χ3n) is 7.84. The zero-order chi connectivity index (χ0) is 29.3. The van der Waals surface area contributed by atoms with Gasteiger partial charge in [-0.2, -0.15) is 13.9 Å². The van der Waals surface area contributed by atoms with Gasteiger partial charge in [0.25, 0.3) is 0 Å². The molecule has 42 heavy (non-hydrogen) atoms. The molecule has 0 N–H and O–H groups in total. The Bertz CT molecular complexity index is 2040. The molecule has 11 nitrogen and oxygen atoms in total. The van der Waals surface area contributed by atoms with Crippen molar-refractivity contribution in [1.82, 2.24) is 38.0 Å².